The van der Waals surface area contributed by atoms with Gasteiger partial charge in [0.25, 0.3) is 0 Å². The first-order valence-electron chi connectivity index (χ1n) is 11.8. The lowest BCUT2D eigenvalue weighted by molar-refractivity contribution is -0.126. The summed E-state index contributed by atoms with van der Waals surface area (Å²) < 4.78 is 28.3. The van der Waals surface area contributed by atoms with Gasteiger partial charge in [0, 0.05) is 39.6 Å². The number of halogens is 3. The van der Waals surface area contributed by atoms with Crippen LogP contribution >= 0.6 is 39.1 Å². The van der Waals surface area contributed by atoms with E-state index in [4.69, 9.17) is 23.2 Å². The molecular weight excluding hydrogens is 583 g/mol. The van der Waals surface area contributed by atoms with Crippen molar-refractivity contribution in [2.24, 2.45) is 5.92 Å². The third-order valence-electron chi connectivity index (χ3n) is 6.41. The lowest BCUT2D eigenvalue weighted by Gasteiger charge is -2.31. The summed E-state index contributed by atoms with van der Waals surface area (Å²) in [6.45, 7) is 0.630. The summed E-state index contributed by atoms with van der Waals surface area (Å²) in [5.41, 5.74) is 2.16. The fraction of sp³-hybridized carbons (Fsp3) is 0.296. The SMILES string of the molecule is O=C(NC(Cc1ccc(Cl)cc1)Cc1ccc(Cl)cc1)C1CCN(S(=O)(=O)c2ccc(Br)cc2)CC1. The van der Waals surface area contributed by atoms with Crippen molar-refractivity contribution in [3.63, 3.8) is 0 Å². The van der Waals surface area contributed by atoms with Crippen LogP contribution in [0, 0.1) is 5.92 Å². The normalized spacial score (nSPS) is 15.2. The molecule has 1 saturated heterocycles. The van der Waals surface area contributed by atoms with Crippen LogP contribution in [0.3, 0.4) is 0 Å². The molecule has 0 unspecified atom stereocenters. The number of nitrogens with zero attached hydrogens (tertiary/aromatic N) is 1. The molecule has 4 rings (SSSR count). The lowest BCUT2D eigenvalue weighted by Crippen LogP contribution is -2.46. The Morgan fingerprint density at radius 2 is 1.33 bits per heavy atom. The Bertz CT molecular complexity index is 1230. The second kappa shape index (κ2) is 12.1. The molecule has 1 aliphatic rings. The molecule has 0 radical (unpaired) electrons. The molecule has 5 nitrogen and oxygen atoms in total. The number of benzene rings is 3. The number of carbonyl (C=O) groups is 1. The van der Waals surface area contributed by atoms with Crippen molar-refractivity contribution in [2.75, 3.05) is 13.1 Å². The molecule has 3 aromatic rings. The monoisotopic (exact) mass is 608 g/mol. The molecule has 1 amide bonds. The molecule has 1 N–H and O–H groups in total. The molecular formula is C27H27BrCl2N2O3S. The van der Waals surface area contributed by atoms with Crippen molar-refractivity contribution < 1.29 is 13.2 Å². The second-order valence-electron chi connectivity index (χ2n) is 9.00. The van der Waals surface area contributed by atoms with E-state index >= 15 is 0 Å². The summed E-state index contributed by atoms with van der Waals surface area (Å²) in [5.74, 6) is -0.275. The van der Waals surface area contributed by atoms with Gasteiger partial charge < -0.3 is 5.32 Å². The van der Waals surface area contributed by atoms with E-state index in [1.807, 2.05) is 48.5 Å². The third-order valence-corrected chi connectivity index (χ3v) is 9.36. The van der Waals surface area contributed by atoms with E-state index in [1.54, 1.807) is 24.3 Å². The fourth-order valence-corrected chi connectivity index (χ4v) is 6.40. The maximum Gasteiger partial charge on any atom is 0.243 e. The molecule has 0 atom stereocenters. The van der Waals surface area contributed by atoms with Crippen LogP contribution in [0.4, 0.5) is 0 Å². The highest BCUT2D eigenvalue weighted by molar-refractivity contribution is 9.10. The highest BCUT2D eigenvalue weighted by Crippen LogP contribution is 2.25. The minimum Gasteiger partial charge on any atom is -0.352 e. The summed E-state index contributed by atoms with van der Waals surface area (Å²) in [4.78, 5) is 13.5. The highest BCUT2D eigenvalue weighted by atomic mass is 79.9. The summed E-state index contributed by atoms with van der Waals surface area (Å²) in [7, 11) is -3.58. The summed E-state index contributed by atoms with van der Waals surface area (Å²) in [6, 6.07) is 21.8. The smallest absolute Gasteiger partial charge is 0.243 e. The van der Waals surface area contributed by atoms with Crippen molar-refractivity contribution in [3.05, 3.63) is 98.4 Å². The van der Waals surface area contributed by atoms with Crippen LogP contribution in [0.25, 0.3) is 0 Å². The Morgan fingerprint density at radius 3 is 1.81 bits per heavy atom. The average molecular weight is 610 g/mol. The van der Waals surface area contributed by atoms with Crippen molar-refractivity contribution in [1.82, 2.24) is 9.62 Å². The van der Waals surface area contributed by atoms with Gasteiger partial charge in [-0.2, -0.15) is 4.31 Å². The van der Waals surface area contributed by atoms with E-state index in [-0.39, 0.29) is 22.8 Å². The van der Waals surface area contributed by atoms with Gasteiger partial charge in [-0.05, 0) is 85.3 Å². The first kappa shape index (κ1) is 27.1. The van der Waals surface area contributed by atoms with Gasteiger partial charge in [0.15, 0.2) is 0 Å². The van der Waals surface area contributed by atoms with Gasteiger partial charge in [0.05, 0.1) is 4.90 Å². The Labute approximate surface area is 231 Å². The summed E-state index contributed by atoms with van der Waals surface area (Å²) in [5, 5.41) is 4.56. The van der Waals surface area contributed by atoms with Gasteiger partial charge >= 0.3 is 0 Å². The molecule has 190 valence electrons. The Kier molecular flexibility index (Phi) is 9.12. The molecule has 0 aliphatic carbocycles. The number of rotatable bonds is 8. The lowest BCUT2D eigenvalue weighted by atomic mass is 9.94. The zero-order valence-corrected chi connectivity index (χ0v) is 23.5. The van der Waals surface area contributed by atoms with E-state index < -0.39 is 10.0 Å². The Balaban J connectivity index is 1.40. The molecule has 0 saturated carbocycles. The van der Waals surface area contributed by atoms with E-state index in [9.17, 15) is 13.2 Å². The largest absolute Gasteiger partial charge is 0.352 e. The summed E-state index contributed by atoms with van der Waals surface area (Å²) in [6.07, 6.45) is 2.27. The van der Waals surface area contributed by atoms with Crippen LogP contribution in [0.5, 0.6) is 0 Å². The molecule has 1 fully saturated rings. The summed E-state index contributed by atoms with van der Waals surface area (Å²) >= 11 is 15.4. The molecule has 36 heavy (non-hydrogen) atoms. The fourth-order valence-electron chi connectivity index (χ4n) is 4.42. The molecule has 0 aromatic heterocycles. The van der Waals surface area contributed by atoms with E-state index in [2.05, 4.69) is 21.2 Å². The topological polar surface area (TPSA) is 66.5 Å². The molecule has 1 heterocycles. The van der Waals surface area contributed by atoms with Gasteiger partial charge in [0.1, 0.15) is 0 Å². The number of nitrogens with one attached hydrogen (secondary N) is 1. The zero-order chi connectivity index (χ0) is 25.7. The van der Waals surface area contributed by atoms with Gasteiger partial charge in [0.2, 0.25) is 15.9 Å². The quantitative estimate of drug-likeness (QED) is 0.334. The van der Waals surface area contributed by atoms with Crippen LogP contribution < -0.4 is 5.32 Å². The van der Waals surface area contributed by atoms with Gasteiger partial charge in [-0.1, -0.05) is 63.4 Å². The molecule has 1 aliphatic heterocycles. The number of piperidine rings is 1. The maximum absolute atomic E-state index is 13.2. The van der Waals surface area contributed by atoms with E-state index in [1.165, 1.54) is 4.31 Å². The molecule has 0 bridgehead atoms. The third kappa shape index (κ3) is 7.11. The molecule has 9 heteroatoms. The van der Waals surface area contributed by atoms with E-state index in [0.29, 0.717) is 48.8 Å². The molecule has 3 aromatic carbocycles. The number of sulfonamides is 1. The number of hydrogen-bond donors (Lipinski definition) is 1. The first-order valence-corrected chi connectivity index (χ1v) is 14.7. The molecule has 0 spiro atoms. The minimum absolute atomic E-state index is 0.0383. The minimum atomic E-state index is -3.58. The first-order chi connectivity index (χ1) is 17.2. The van der Waals surface area contributed by atoms with Crippen molar-refractivity contribution in [2.45, 2.75) is 36.6 Å². The van der Waals surface area contributed by atoms with Crippen LogP contribution in [-0.2, 0) is 27.7 Å². The number of carbonyl (C=O) groups excluding carboxylic acids is 1. The van der Waals surface area contributed by atoms with E-state index in [0.717, 1.165) is 15.6 Å². The standard InChI is InChI=1S/C27H27BrCl2N2O3S/c28-22-5-11-26(12-6-22)36(34,35)32-15-13-21(14-16-32)27(33)31-25(17-19-1-7-23(29)8-2-19)18-20-3-9-24(30)10-4-20/h1-12,21,25H,13-18H2,(H,31,33). The average Bonchev–Trinajstić information content (AvgIpc) is 2.87. The number of hydrogen-bond acceptors (Lipinski definition) is 3. The number of amides is 1. The Hall–Kier alpha value is -1.90. The van der Waals surface area contributed by atoms with Gasteiger partial charge in [-0.25, -0.2) is 8.42 Å². The van der Waals surface area contributed by atoms with Gasteiger partial charge in [-0.15, -0.1) is 0 Å². The Morgan fingerprint density at radius 1 is 0.861 bits per heavy atom. The van der Waals surface area contributed by atoms with Crippen molar-refractivity contribution >= 4 is 55.1 Å². The highest BCUT2D eigenvalue weighted by Gasteiger charge is 2.32. The van der Waals surface area contributed by atoms with Crippen LogP contribution in [0.2, 0.25) is 10.0 Å². The maximum atomic E-state index is 13.2. The predicted molar refractivity (Wildman–Crippen MR) is 148 cm³/mol. The second-order valence-corrected chi connectivity index (χ2v) is 12.7. The van der Waals surface area contributed by atoms with Crippen LogP contribution in [0.15, 0.2) is 82.2 Å². The van der Waals surface area contributed by atoms with Gasteiger partial charge in [-0.3, -0.25) is 4.79 Å². The van der Waals surface area contributed by atoms with Crippen molar-refractivity contribution in [1.29, 1.82) is 0 Å². The van der Waals surface area contributed by atoms with Crippen LogP contribution in [0.1, 0.15) is 24.0 Å². The predicted octanol–water partition coefficient (Wildman–Crippen LogP) is 6.13. The van der Waals surface area contributed by atoms with Crippen LogP contribution in [-0.4, -0.2) is 37.8 Å². The van der Waals surface area contributed by atoms with Crippen molar-refractivity contribution in [3.8, 4) is 0 Å². The zero-order valence-electron chi connectivity index (χ0n) is 19.5.